The van der Waals surface area contributed by atoms with Crippen LogP contribution in [-0.4, -0.2) is 28.1 Å². The number of nitrogens with one attached hydrogen (secondary N) is 1. The molecule has 0 saturated heterocycles. The number of ether oxygens (including phenoxy) is 1. The molecular formula is C15H12Cl2N4O. The fraction of sp³-hybridized carbons (Fsp3) is 0.133. The van der Waals surface area contributed by atoms with Gasteiger partial charge in [-0.3, -0.25) is 0 Å². The fourth-order valence-electron chi connectivity index (χ4n) is 1.97. The summed E-state index contributed by atoms with van der Waals surface area (Å²) in [6, 6.07) is 9.39. The molecule has 1 aromatic carbocycles. The monoisotopic (exact) mass is 334 g/mol. The van der Waals surface area contributed by atoms with E-state index in [-0.39, 0.29) is 0 Å². The van der Waals surface area contributed by atoms with Crippen LogP contribution in [0.4, 0.5) is 5.82 Å². The Morgan fingerprint density at radius 1 is 1.09 bits per heavy atom. The van der Waals surface area contributed by atoms with Crippen molar-refractivity contribution in [1.29, 1.82) is 0 Å². The van der Waals surface area contributed by atoms with E-state index in [1.165, 1.54) is 12.5 Å². The molecule has 0 amide bonds. The Labute approximate surface area is 137 Å². The molecule has 0 bridgehead atoms. The molecule has 2 heterocycles. The van der Waals surface area contributed by atoms with Crippen LogP contribution >= 0.6 is 23.2 Å². The number of rotatable bonds is 5. The average Bonchev–Trinajstić information content (AvgIpc) is 2.53. The highest BCUT2D eigenvalue weighted by Crippen LogP contribution is 2.24. The number of hydrogen-bond acceptors (Lipinski definition) is 5. The molecule has 0 fully saturated rings. The van der Waals surface area contributed by atoms with Gasteiger partial charge in [-0.15, -0.1) is 0 Å². The number of aromatic nitrogens is 3. The summed E-state index contributed by atoms with van der Waals surface area (Å²) in [6.07, 6.45) is 3.03. The lowest BCUT2D eigenvalue weighted by Gasteiger charge is -2.10. The zero-order chi connectivity index (χ0) is 15.4. The van der Waals surface area contributed by atoms with Crippen molar-refractivity contribution < 1.29 is 4.74 Å². The highest BCUT2D eigenvalue weighted by Gasteiger charge is 2.05. The van der Waals surface area contributed by atoms with E-state index in [1.807, 2.05) is 24.3 Å². The molecule has 7 heteroatoms. The summed E-state index contributed by atoms with van der Waals surface area (Å²) in [5, 5.41) is 5.04. The molecule has 112 valence electrons. The van der Waals surface area contributed by atoms with E-state index in [9.17, 15) is 0 Å². The summed E-state index contributed by atoms with van der Waals surface area (Å²) in [4.78, 5) is 12.5. The van der Waals surface area contributed by atoms with Crippen molar-refractivity contribution in [2.24, 2.45) is 0 Å². The maximum atomic E-state index is 5.99. The predicted octanol–water partition coefficient (Wildman–Crippen LogP) is 3.82. The zero-order valence-electron chi connectivity index (χ0n) is 11.5. The van der Waals surface area contributed by atoms with Gasteiger partial charge in [-0.05, 0) is 18.2 Å². The van der Waals surface area contributed by atoms with Gasteiger partial charge < -0.3 is 10.1 Å². The van der Waals surface area contributed by atoms with E-state index in [1.54, 1.807) is 6.07 Å². The first-order chi connectivity index (χ1) is 10.7. The maximum Gasteiger partial charge on any atom is 0.232 e. The molecule has 0 radical (unpaired) electrons. The lowest BCUT2D eigenvalue weighted by atomic mass is 10.2. The number of benzene rings is 1. The van der Waals surface area contributed by atoms with Crippen LogP contribution in [0.15, 0.2) is 42.9 Å². The Morgan fingerprint density at radius 3 is 2.82 bits per heavy atom. The molecule has 2 aromatic heterocycles. The standard InChI is InChI=1S/C15H12Cl2N4O/c16-10-7-12(17)15(19-8-10)22-6-5-18-14-11-3-1-2-4-13(11)20-9-21-14/h1-4,7-9H,5-6H2,(H,18,20,21). The third kappa shape index (κ3) is 3.37. The van der Waals surface area contributed by atoms with Crippen LogP contribution in [0.3, 0.4) is 0 Å². The van der Waals surface area contributed by atoms with Gasteiger partial charge in [0.2, 0.25) is 5.88 Å². The largest absolute Gasteiger partial charge is 0.475 e. The second kappa shape index (κ2) is 6.77. The minimum atomic E-state index is 0.361. The highest BCUT2D eigenvalue weighted by atomic mass is 35.5. The van der Waals surface area contributed by atoms with E-state index in [2.05, 4.69) is 20.3 Å². The normalized spacial score (nSPS) is 10.6. The molecule has 0 saturated carbocycles. The maximum absolute atomic E-state index is 5.99. The molecule has 0 unspecified atom stereocenters. The third-order valence-electron chi connectivity index (χ3n) is 2.95. The smallest absolute Gasteiger partial charge is 0.232 e. The van der Waals surface area contributed by atoms with Crippen LogP contribution in [-0.2, 0) is 0 Å². The minimum absolute atomic E-state index is 0.361. The van der Waals surface area contributed by atoms with E-state index in [0.29, 0.717) is 29.1 Å². The Balaban J connectivity index is 1.61. The molecule has 3 rings (SSSR count). The second-order valence-electron chi connectivity index (χ2n) is 4.46. The SMILES string of the molecule is Clc1cnc(OCCNc2ncnc3ccccc23)c(Cl)c1. The number of fused-ring (bicyclic) bond motifs is 1. The molecule has 0 aliphatic heterocycles. The number of hydrogen-bond donors (Lipinski definition) is 1. The summed E-state index contributed by atoms with van der Waals surface area (Å²) < 4.78 is 5.52. The van der Waals surface area contributed by atoms with Crippen molar-refractivity contribution >= 4 is 39.9 Å². The van der Waals surface area contributed by atoms with Crippen LogP contribution in [0, 0.1) is 0 Å². The average molecular weight is 335 g/mol. The van der Waals surface area contributed by atoms with Gasteiger partial charge in [-0.1, -0.05) is 35.3 Å². The molecule has 22 heavy (non-hydrogen) atoms. The summed E-state index contributed by atoms with van der Waals surface area (Å²) in [5.41, 5.74) is 0.892. The Bertz CT molecular complexity index is 792. The van der Waals surface area contributed by atoms with E-state index >= 15 is 0 Å². The van der Waals surface area contributed by atoms with Gasteiger partial charge in [0, 0.05) is 11.6 Å². The number of halogens is 2. The molecule has 3 aromatic rings. The Hall–Kier alpha value is -2.11. The van der Waals surface area contributed by atoms with Crippen molar-refractivity contribution in [3.8, 4) is 5.88 Å². The first-order valence-corrected chi connectivity index (χ1v) is 7.37. The van der Waals surface area contributed by atoms with Crippen LogP contribution in [0.2, 0.25) is 10.0 Å². The lowest BCUT2D eigenvalue weighted by molar-refractivity contribution is 0.320. The van der Waals surface area contributed by atoms with Crippen molar-refractivity contribution in [2.45, 2.75) is 0 Å². The first kappa shape index (κ1) is 14.8. The van der Waals surface area contributed by atoms with E-state index < -0.39 is 0 Å². The third-order valence-corrected chi connectivity index (χ3v) is 3.43. The fourth-order valence-corrected chi connectivity index (χ4v) is 2.41. The van der Waals surface area contributed by atoms with Crippen molar-refractivity contribution in [3.05, 3.63) is 52.9 Å². The molecular weight excluding hydrogens is 323 g/mol. The van der Waals surface area contributed by atoms with Crippen molar-refractivity contribution in [2.75, 3.05) is 18.5 Å². The van der Waals surface area contributed by atoms with Gasteiger partial charge in [0.15, 0.2) is 0 Å². The number of para-hydroxylation sites is 1. The van der Waals surface area contributed by atoms with Gasteiger partial charge in [0.05, 0.1) is 17.1 Å². The lowest BCUT2D eigenvalue weighted by Crippen LogP contribution is -2.13. The molecule has 0 spiro atoms. The van der Waals surface area contributed by atoms with E-state index in [4.69, 9.17) is 27.9 Å². The zero-order valence-corrected chi connectivity index (χ0v) is 13.0. The number of anilines is 1. The molecule has 1 N–H and O–H groups in total. The Kier molecular flexibility index (Phi) is 4.56. The van der Waals surface area contributed by atoms with Gasteiger partial charge in [0.1, 0.15) is 23.8 Å². The summed E-state index contributed by atoms with van der Waals surface area (Å²) in [7, 11) is 0. The predicted molar refractivity (Wildman–Crippen MR) is 87.8 cm³/mol. The summed E-state index contributed by atoms with van der Waals surface area (Å²) in [5.74, 6) is 1.13. The molecule has 5 nitrogen and oxygen atoms in total. The first-order valence-electron chi connectivity index (χ1n) is 6.61. The number of nitrogens with zero attached hydrogens (tertiary/aromatic N) is 3. The summed E-state index contributed by atoms with van der Waals surface area (Å²) >= 11 is 11.8. The topological polar surface area (TPSA) is 59.9 Å². The Morgan fingerprint density at radius 2 is 1.95 bits per heavy atom. The second-order valence-corrected chi connectivity index (χ2v) is 5.30. The molecule has 0 aliphatic rings. The van der Waals surface area contributed by atoms with Gasteiger partial charge in [0.25, 0.3) is 0 Å². The highest BCUT2D eigenvalue weighted by molar-refractivity contribution is 6.35. The number of pyridine rings is 1. The van der Waals surface area contributed by atoms with Crippen LogP contribution in [0.1, 0.15) is 0 Å². The van der Waals surface area contributed by atoms with E-state index in [0.717, 1.165) is 16.7 Å². The van der Waals surface area contributed by atoms with Crippen molar-refractivity contribution in [3.63, 3.8) is 0 Å². The van der Waals surface area contributed by atoms with Gasteiger partial charge in [-0.25, -0.2) is 15.0 Å². The molecule has 0 atom stereocenters. The quantitative estimate of drug-likeness (QED) is 0.718. The van der Waals surface area contributed by atoms with Crippen LogP contribution in [0.5, 0.6) is 5.88 Å². The minimum Gasteiger partial charge on any atom is -0.475 e. The molecule has 0 aliphatic carbocycles. The van der Waals surface area contributed by atoms with Crippen LogP contribution < -0.4 is 10.1 Å². The van der Waals surface area contributed by atoms with Crippen LogP contribution in [0.25, 0.3) is 10.9 Å². The van der Waals surface area contributed by atoms with Gasteiger partial charge in [-0.2, -0.15) is 0 Å². The summed E-state index contributed by atoms with van der Waals surface area (Å²) in [6.45, 7) is 0.953. The van der Waals surface area contributed by atoms with Crippen molar-refractivity contribution in [1.82, 2.24) is 15.0 Å². The van der Waals surface area contributed by atoms with Gasteiger partial charge >= 0.3 is 0 Å².